The summed E-state index contributed by atoms with van der Waals surface area (Å²) in [5, 5.41) is 37.0. The molecule has 4 N–H and O–H groups in total. The average Bonchev–Trinajstić information content (AvgIpc) is 3.63. The number of aldehydes is 1. The molecule has 0 amide bonds. The number of aliphatic hydroxyl groups is 3. The van der Waals surface area contributed by atoms with Crippen molar-refractivity contribution >= 4 is 35.2 Å². The SMILES string of the molecule is CCOC(=O)/C(C=O)=C\Nc1nc(-n2cc(C(=O)OCC)cn2)nc2c1ncn2[C@@H]1O[C@H](CO)[C@@H](O)[C@H]1O. The first-order chi connectivity index (χ1) is 18.3. The van der Waals surface area contributed by atoms with Gasteiger partial charge in [-0.25, -0.2) is 19.3 Å². The van der Waals surface area contributed by atoms with Gasteiger partial charge < -0.3 is 34.8 Å². The zero-order chi connectivity index (χ0) is 27.4. The number of imidazole rings is 1. The number of aromatic nitrogens is 6. The minimum Gasteiger partial charge on any atom is -0.462 e. The van der Waals surface area contributed by atoms with Crippen LogP contribution in [-0.4, -0.2) is 101 Å². The fraction of sp³-hybridized carbons (Fsp3) is 0.409. The molecule has 3 aromatic heterocycles. The molecule has 0 aromatic carbocycles. The van der Waals surface area contributed by atoms with Crippen molar-refractivity contribution in [3.05, 3.63) is 36.1 Å². The van der Waals surface area contributed by atoms with Crippen molar-refractivity contribution in [1.29, 1.82) is 0 Å². The molecule has 38 heavy (non-hydrogen) atoms. The molecule has 16 nitrogen and oxygen atoms in total. The van der Waals surface area contributed by atoms with E-state index in [4.69, 9.17) is 14.2 Å². The van der Waals surface area contributed by atoms with Crippen molar-refractivity contribution in [3.63, 3.8) is 0 Å². The highest BCUT2D eigenvalue weighted by Crippen LogP contribution is 2.32. The number of hydrogen-bond acceptors (Lipinski definition) is 14. The predicted molar refractivity (Wildman–Crippen MR) is 126 cm³/mol. The van der Waals surface area contributed by atoms with Crippen LogP contribution in [0.15, 0.2) is 30.5 Å². The largest absolute Gasteiger partial charge is 0.462 e. The molecule has 0 saturated carbocycles. The van der Waals surface area contributed by atoms with E-state index in [1.807, 2.05) is 0 Å². The Morgan fingerprint density at radius 2 is 1.95 bits per heavy atom. The van der Waals surface area contributed by atoms with Gasteiger partial charge >= 0.3 is 11.9 Å². The zero-order valence-electron chi connectivity index (χ0n) is 20.3. The summed E-state index contributed by atoms with van der Waals surface area (Å²) < 4.78 is 17.9. The van der Waals surface area contributed by atoms with Gasteiger partial charge in [0.2, 0.25) is 0 Å². The summed E-state index contributed by atoms with van der Waals surface area (Å²) in [6.45, 7) is 2.94. The van der Waals surface area contributed by atoms with Crippen molar-refractivity contribution in [1.82, 2.24) is 29.3 Å². The standard InChI is InChI=1S/C22H25N7O9/c1-3-36-20(34)11-6-25-29(7-11)22-26-17(23-5-12(8-30)21(35)37-4-2)14-18(27-22)28(10-24-14)19-16(33)15(32)13(9-31)38-19/h5-8,10,13,15-16,19,31-33H,3-4,9H2,1-2H3,(H,23,26,27)/b12-5-/t13-,15-,16-,19-/m1/s1. The fourth-order valence-electron chi connectivity index (χ4n) is 3.66. The van der Waals surface area contributed by atoms with Gasteiger partial charge in [0.1, 0.15) is 23.9 Å². The van der Waals surface area contributed by atoms with Crippen molar-refractivity contribution in [3.8, 4) is 5.95 Å². The van der Waals surface area contributed by atoms with Crippen LogP contribution in [0.4, 0.5) is 5.82 Å². The Bertz CT molecular complexity index is 1370. The van der Waals surface area contributed by atoms with Crippen molar-refractivity contribution in [2.75, 3.05) is 25.1 Å². The smallest absolute Gasteiger partial charge is 0.342 e. The highest BCUT2D eigenvalue weighted by atomic mass is 16.6. The van der Waals surface area contributed by atoms with E-state index in [-0.39, 0.29) is 47.3 Å². The van der Waals surface area contributed by atoms with Gasteiger partial charge in [0.15, 0.2) is 29.5 Å². The monoisotopic (exact) mass is 531 g/mol. The number of nitrogens with one attached hydrogen (secondary N) is 1. The number of esters is 2. The Morgan fingerprint density at radius 3 is 2.61 bits per heavy atom. The molecule has 0 unspecified atom stereocenters. The molecular formula is C22H25N7O9. The van der Waals surface area contributed by atoms with Crippen LogP contribution in [0, 0.1) is 0 Å². The second-order valence-corrected chi connectivity index (χ2v) is 7.90. The molecule has 3 aromatic rings. The minimum absolute atomic E-state index is 0.0207. The number of rotatable bonds is 10. The molecule has 0 bridgehead atoms. The summed E-state index contributed by atoms with van der Waals surface area (Å²) in [5.74, 6) is -1.51. The molecule has 1 fully saturated rings. The van der Waals surface area contributed by atoms with E-state index in [1.165, 1.54) is 28.0 Å². The van der Waals surface area contributed by atoms with Gasteiger partial charge in [0.25, 0.3) is 5.95 Å². The van der Waals surface area contributed by atoms with Crippen LogP contribution in [0.3, 0.4) is 0 Å². The number of hydrogen-bond donors (Lipinski definition) is 4. The zero-order valence-corrected chi connectivity index (χ0v) is 20.3. The van der Waals surface area contributed by atoms with Crippen LogP contribution in [-0.2, 0) is 23.8 Å². The lowest BCUT2D eigenvalue weighted by Gasteiger charge is -2.17. The van der Waals surface area contributed by atoms with Gasteiger partial charge in [-0.1, -0.05) is 0 Å². The summed E-state index contributed by atoms with van der Waals surface area (Å²) in [6.07, 6.45) is 0.234. The number of fused-ring (bicyclic) bond motifs is 1. The molecule has 1 aliphatic heterocycles. The van der Waals surface area contributed by atoms with E-state index >= 15 is 0 Å². The average molecular weight is 531 g/mol. The first kappa shape index (κ1) is 26.8. The molecule has 0 radical (unpaired) electrons. The van der Waals surface area contributed by atoms with Crippen LogP contribution >= 0.6 is 0 Å². The van der Waals surface area contributed by atoms with Crippen molar-refractivity contribution in [2.45, 2.75) is 38.4 Å². The maximum Gasteiger partial charge on any atom is 0.342 e. The van der Waals surface area contributed by atoms with Crippen molar-refractivity contribution in [2.24, 2.45) is 0 Å². The lowest BCUT2D eigenvalue weighted by atomic mass is 10.1. The lowest BCUT2D eigenvalue weighted by Crippen LogP contribution is -2.33. The van der Waals surface area contributed by atoms with E-state index in [9.17, 15) is 29.7 Å². The number of carbonyl (C=O) groups excluding carboxylic acids is 3. The Hall–Kier alpha value is -4.25. The highest BCUT2D eigenvalue weighted by Gasteiger charge is 2.44. The summed E-state index contributed by atoms with van der Waals surface area (Å²) in [4.78, 5) is 48.6. The van der Waals surface area contributed by atoms with Gasteiger partial charge in [-0.2, -0.15) is 15.1 Å². The minimum atomic E-state index is -1.43. The quantitative estimate of drug-likeness (QED) is 0.0800. The Morgan fingerprint density at radius 1 is 1.18 bits per heavy atom. The molecule has 202 valence electrons. The number of carbonyl (C=O) groups is 3. The maximum absolute atomic E-state index is 12.1. The van der Waals surface area contributed by atoms with Crippen LogP contribution in [0.2, 0.25) is 0 Å². The van der Waals surface area contributed by atoms with Crippen molar-refractivity contribution < 1.29 is 43.9 Å². The third-order valence-corrected chi connectivity index (χ3v) is 5.50. The third-order valence-electron chi connectivity index (χ3n) is 5.50. The number of nitrogens with zero attached hydrogens (tertiary/aromatic N) is 6. The van der Waals surface area contributed by atoms with Gasteiger partial charge in [-0.15, -0.1) is 0 Å². The summed E-state index contributed by atoms with van der Waals surface area (Å²) in [5.41, 5.74) is 0.0338. The normalized spacial score (nSPS) is 21.4. The first-order valence-electron chi connectivity index (χ1n) is 11.5. The lowest BCUT2D eigenvalue weighted by molar-refractivity contribution is -0.139. The second-order valence-electron chi connectivity index (χ2n) is 7.90. The number of aliphatic hydroxyl groups excluding tert-OH is 3. The molecule has 4 atom stereocenters. The number of ether oxygens (including phenoxy) is 3. The van der Waals surface area contributed by atoms with E-state index < -0.39 is 43.1 Å². The molecular weight excluding hydrogens is 506 g/mol. The van der Waals surface area contributed by atoms with Crippen LogP contribution in [0.1, 0.15) is 30.4 Å². The topological polar surface area (TPSA) is 213 Å². The van der Waals surface area contributed by atoms with Crippen LogP contribution in [0.5, 0.6) is 0 Å². The van der Waals surface area contributed by atoms with E-state index in [1.54, 1.807) is 13.8 Å². The van der Waals surface area contributed by atoms with Crippen LogP contribution < -0.4 is 5.32 Å². The Labute approximate surface area is 214 Å². The van der Waals surface area contributed by atoms with Gasteiger partial charge in [-0.05, 0) is 13.8 Å². The van der Waals surface area contributed by atoms with Crippen LogP contribution in [0.25, 0.3) is 17.1 Å². The third kappa shape index (κ3) is 5.10. The predicted octanol–water partition coefficient (Wildman–Crippen LogP) is -1.14. The summed E-state index contributed by atoms with van der Waals surface area (Å²) in [6, 6.07) is 0. The Kier molecular flexibility index (Phi) is 8.06. The molecule has 4 rings (SSSR count). The maximum atomic E-state index is 12.1. The molecule has 4 heterocycles. The highest BCUT2D eigenvalue weighted by molar-refractivity contribution is 6.08. The van der Waals surface area contributed by atoms with E-state index in [0.29, 0.717) is 6.29 Å². The molecule has 1 saturated heterocycles. The second kappa shape index (κ2) is 11.4. The molecule has 0 spiro atoms. The van der Waals surface area contributed by atoms with E-state index in [2.05, 4.69) is 25.4 Å². The van der Waals surface area contributed by atoms with Gasteiger partial charge in [0, 0.05) is 12.4 Å². The van der Waals surface area contributed by atoms with Gasteiger partial charge in [0.05, 0.1) is 37.9 Å². The summed E-state index contributed by atoms with van der Waals surface area (Å²) >= 11 is 0. The molecule has 1 aliphatic rings. The fourth-order valence-corrected chi connectivity index (χ4v) is 3.66. The Balaban J connectivity index is 1.81. The number of anilines is 1. The van der Waals surface area contributed by atoms with Gasteiger partial charge in [-0.3, -0.25) is 9.36 Å². The summed E-state index contributed by atoms with van der Waals surface area (Å²) in [7, 11) is 0. The first-order valence-corrected chi connectivity index (χ1v) is 11.5. The van der Waals surface area contributed by atoms with E-state index in [0.717, 1.165) is 6.20 Å². The molecule has 0 aliphatic carbocycles. The molecule has 16 heteroatoms.